The van der Waals surface area contributed by atoms with E-state index in [4.69, 9.17) is 4.99 Å². The fraction of sp³-hybridized carbons (Fsp3) is 0.235. The molecule has 1 N–H and O–H groups in total. The molecule has 1 atom stereocenters. The molecule has 0 fully saturated rings. The molecule has 20 heavy (non-hydrogen) atoms. The Balaban J connectivity index is 1.75. The summed E-state index contributed by atoms with van der Waals surface area (Å²) in [4.78, 5) is 4.82. The molecular formula is C17H17NOS. The van der Waals surface area contributed by atoms with Crippen molar-refractivity contribution in [1.29, 1.82) is 0 Å². The van der Waals surface area contributed by atoms with E-state index in [0.29, 0.717) is 5.75 Å². The second kappa shape index (κ2) is 5.71. The fourth-order valence-electron chi connectivity index (χ4n) is 2.35. The zero-order chi connectivity index (χ0) is 13.9. The van der Waals surface area contributed by atoms with Crippen molar-refractivity contribution in [3.05, 3.63) is 65.2 Å². The van der Waals surface area contributed by atoms with Gasteiger partial charge >= 0.3 is 0 Å². The molecule has 0 amide bonds. The molecule has 3 rings (SSSR count). The summed E-state index contributed by atoms with van der Waals surface area (Å²) >= 11 is 1.84. The molecule has 102 valence electrons. The van der Waals surface area contributed by atoms with Crippen LogP contribution >= 0.6 is 11.8 Å². The van der Waals surface area contributed by atoms with Crippen molar-refractivity contribution < 1.29 is 5.11 Å². The lowest BCUT2D eigenvalue weighted by atomic mass is 10.1. The third-order valence-electron chi connectivity index (χ3n) is 3.51. The molecule has 2 aromatic rings. The molecule has 0 saturated heterocycles. The quantitative estimate of drug-likeness (QED) is 0.918. The number of phenolic OH excluding ortho intramolecular Hbond substituents is 1. The number of nitrogens with zero attached hydrogens (tertiary/aromatic N) is 1. The molecular weight excluding hydrogens is 266 g/mol. The molecule has 1 unspecified atom stereocenters. The SMILES string of the molecule is Cc1cc(C2CSC(Cc3ccccc3)=N2)ccc1O. The molecule has 1 aliphatic heterocycles. The Bertz CT molecular complexity index is 637. The summed E-state index contributed by atoms with van der Waals surface area (Å²) in [5.41, 5.74) is 3.41. The average molecular weight is 283 g/mol. The van der Waals surface area contributed by atoms with Crippen LogP contribution in [0.15, 0.2) is 53.5 Å². The minimum Gasteiger partial charge on any atom is -0.508 e. The number of aromatic hydroxyl groups is 1. The van der Waals surface area contributed by atoms with Gasteiger partial charge in [-0.05, 0) is 29.7 Å². The van der Waals surface area contributed by atoms with Crippen LogP contribution in [0.1, 0.15) is 22.7 Å². The summed E-state index contributed by atoms with van der Waals surface area (Å²) < 4.78 is 0. The van der Waals surface area contributed by atoms with Gasteiger partial charge in [0, 0.05) is 12.2 Å². The van der Waals surface area contributed by atoms with Gasteiger partial charge in [0.1, 0.15) is 5.75 Å². The number of hydrogen-bond acceptors (Lipinski definition) is 3. The monoisotopic (exact) mass is 283 g/mol. The minimum atomic E-state index is 0.220. The summed E-state index contributed by atoms with van der Waals surface area (Å²) in [5, 5.41) is 10.8. The van der Waals surface area contributed by atoms with Crippen LogP contribution in [0.4, 0.5) is 0 Å². The van der Waals surface area contributed by atoms with Crippen LogP contribution in [-0.2, 0) is 6.42 Å². The Morgan fingerprint density at radius 2 is 2.00 bits per heavy atom. The molecule has 0 saturated carbocycles. The maximum absolute atomic E-state index is 9.59. The van der Waals surface area contributed by atoms with Crippen LogP contribution in [0.2, 0.25) is 0 Å². The Morgan fingerprint density at radius 1 is 1.20 bits per heavy atom. The third kappa shape index (κ3) is 2.88. The molecule has 1 aliphatic rings. The van der Waals surface area contributed by atoms with E-state index in [1.165, 1.54) is 16.2 Å². The third-order valence-corrected chi connectivity index (χ3v) is 4.58. The lowest BCUT2D eigenvalue weighted by Crippen LogP contribution is -1.95. The number of aliphatic imine (C=N–C) groups is 1. The van der Waals surface area contributed by atoms with Gasteiger partial charge in [0.2, 0.25) is 0 Å². The molecule has 0 spiro atoms. The van der Waals surface area contributed by atoms with Crippen molar-refractivity contribution >= 4 is 16.8 Å². The van der Waals surface area contributed by atoms with Crippen molar-refractivity contribution in [2.45, 2.75) is 19.4 Å². The van der Waals surface area contributed by atoms with Crippen LogP contribution in [0.25, 0.3) is 0 Å². The number of thioether (sulfide) groups is 1. The predicted molar refractivity (Wildman–Crippen MR) is 85.6 cm³/mol. The summed E-state index contributed by atoms with van der Waals surface area (Å²) in [6.07, 6.45) is 0.916. The van der Waals surface area contributed by atoms with Crippen LogP contribution in [0.5, 0.6) is 5.75 Å². The molecule has 1 heterocycles. The number of aryl methyl sites for hydroxylation is 1. The molecule has 0 aromatic heterocycles. The van der Waals surface area contributed by atoms with E-state index >= 15 is 0 Å². The maximum atomic E-state index is 9.59. The van der Waals surface area contributed by atoms with Gasteiger partial charge in [-0.1, -0.05) is 42.5 Å². The van der Waals surface area contributed by atoms with Crippen LogP contribution < -0.4 is 0 Å². The Morgan fingerprint density at radius 3 is 2.75 bits per heavy atom. The Kier molecular flexibility index (Phi) is 3.79. The fourth-order valence-corrected chi connectivity index (χ4v) is 3.44. The first kappa shape index (κ1) is 13.3. The number of phenols is 1. The van der Waals surface area contributed by atoms with E-state index < -0.39 is 0 Å². The van der Waals surface area contributed by atoms with Gasteiger partial charge in [0.25, 0.3) is 0 Å². The van der Waals surface area contributed by atoms with Gasteiger partial charge in [-0.3, -0.25) is 4.99 Å². The largest absolute Gasteiger partial charge is 0.508 e. The van der Waals surface area contributed by atoms with E-state index in [1.54, 1.807) is 6.07 Å². The standard InChI is InChI=1S/C17H17NOS/c1-12-9-14(7-8-16(12)19)15-11-20-17(18-15)10-13-5-3-2-4-6-13/h2-9,15,19H,10-11H2,1H3. The van der Waals surface area contributed by atoms with Crippen LogP contribution in [0.3, 0.4) is 0 Å². The van der Waals surface area contributed by atoms with Gasteiger partial charge < -0.3 is 5.11 Å². The average Bonchev–Trinajstić information content (AvgIpc) is 2.91. The van der Waals surface area contributed by atoms with E-state index in [1.807, 2.05) is 36.9 Å². The molecule has 2 nitrogen and oxygen atoms in total. The maximum Gasteiger partial charge on any atom is 0.118 e. The zero-order valence-electron chi connectivity index (χ0n) is 11.4. The van der Waals surface area contributed by atoms with Crippen molar-refractivity contribution in [3.8, 4) is 5.75 Å². The highest BCUT2D eigenvalue weighted by Gasteiger charge is 2.20. The first-order valence-electron chi connectivity index (χ1n) is 6.75. The lowest BCUT2D eigenvalue weighted by molar-refractivity contribution is 0.470. The van der Waals surface area contributed by atoms with Gasteiger partial charge in [-0.25, -0.2) is 0 Å². The van der Waals surface area contributed by atoms with Gasteiger partial charge in [0.05, 0.1) is 11.1 Å². The first-order valence-corrected chi connectivity index (χ1v) is 7.74. The summed E-state index contributed by atoms with van der Waals surface area (Å²) in [5.74, 6) is 1.35. The predicted octanol–water partition coefficient (Wildman–Crippen LogP) is 4.13. The molecule has 0 radical (unpaired) electrons. The second-order valence-electron chi connectivity index (χ2n) is 5.06. The molecule has 2 aromatic carbocycles. The van der Waals surface area contributed by atoms with E-state index in [9.17, 15) is 5.11 Å². The molecule has 3 heteroatoms. The van der Waals surface area contributed by atoms with E-state index in [0.717, 1.165) is 17.7 Å². The van der Waals surface area contributed by atoms with Crippen LogP contribution in [-0.4, -0.2) is 15.9 Å². The Labute approximate surface area is 123 Å². The van der Waals surface area contributed by atoms with Crippen molar-refractivity contribution in [3.63, 3.8) is 0 Å². The lowest BCUT2D eigenvalue weighted by Gasteiger charge is -2.08. The highest BCUT2D eigenvalue weighted by molar-refractivity contribution is 8.14. The van der Waals surface area contributed by atoms with Gasteiger partial charge in [-0.15, -0.1) is 11.8 Å². The molecule has 0 aliphatic carbocycles. The smallest absolute Gasteiger partial charge is 0.118 e. The Hall–Kier alpha value is -1.74. The van der Waals surface area contributed by atoms with Gasteiger partial charge in [-0.2, -0.15) is 0 Å². The van der Waals surface area contributed by atoms with E-state index in [-0.39, 0.29) is 6.04 Å². The second-order valence-corrected chi connectivity index (χ2v) is 6.15. The summed E-state index contributed by atoms with van der Waals surface area (Å²) in [6, 6.07) is 16.4. The zero-order valence-corrected chi connectivity index (χ0v) is 12.2. The number of hydrogen-bond donors (Lipinski definition) is 1. The normalized spacial score (nSPS) is 18.1. The number of benzene rings is 2. The topological polar surface area (TPSA) is 32.6 Å². The summed E-state index contributed by atoms with van der Waals surface area (Å²) in [6.45, 7) is 1.93. The first-order chi connectivity index (χ1) is 9.72. The van der Waals surface area contributed by atoms with Crippen molar-refractivity contribution in [2.75, 3.05) is 5.75 Å². The van der Waals surface area contributed by atoms with Crippen LogP contribution in [0, 0.1) is 6.92 Å². The minimum absolute atomic E-state index is 0.220. The highest BCUT2D eigenvalue weighted by Crippen LogP contribution is 2.33. The van der Waals surface area contributed by atoms with E-state index in [2.05, 4.69) is 24.3 Å². The van der Waals surface area contributed by atoms with Gasteiger partial charge in [0.15, 0.2) is 0 Å². The summed E-state index contributed by atoms with van der Waals surface area (Å²) in [7, 11) is 0. The molecule has 0 bridgehead atoms. The number of rotatable bonds is 3. The highest BCUT2D eigenvalue weighted by atomic mass is 32.2. The van der Waals surface area contributed by atoms with Crippen molar-refractivity contribution in [2.24, 2.45) is 4.99 Å². The van der Waals surface area contributed by atoms with Crippen molar-refractivity contribution in [1.82, 2.24) is 0 Å².